The lowest BCUT2D eigenvalue weighted by atomic mass is 10.1. The van der Waals surface area contributed by atoms with Crippen molar-refractivity contribution in [2.24, 2.45) is 0 Å². The summed E-state index contributed by atoms with van der Waals surface area (Å²) in [4.78, 5) is 14.4. The van der Waals surface area contributed by atoms with E-state index >= 15 is 0 Å². The van der Waals surface area contributed by atoms with E-state index in [0.717, 1.165) is 39.0 Å². The van der Waals surface area contributed by atoms with Crippen molar-refractivity contribution in [3.05, 3.63) is 65.7 Å². The number of hydrogen-bond donors (Lipinski definition) is 1. The fourth-order valence-corrected chi connectivity index (χ4v) is 3.07. The second-order valence-electron chi connectivity index (χ2n) is 6.22. The maximum absolute atomic E-state index is 12.5. The summed E-state index contributed by atoms with van der Waals surface area (Å²) in [5.41, 5.74) is 8.35. The van der Waals surface area contributed by atoms with Gasteiger partial charge in [0.05, 0.1) is 12.7 Å². The number of amides is 1. The number of carbonyl (C=O) groups is 1. The van der Waals surface area contributed by atoms with Crippen LogP contribution >= 0.6 is 0 Å². The molecular weight excluding hydrogens is 300 g/mol. The predicted molar refractivity (Wildman–Crippen MR) is 95.9 cm³/mol. The van der Waals surface area contributed by atoms with Gasteiger partial charge in [0.1, 0.15) is 0 Å². The maximum atomic E-state index is 12.5. The normalized spacial score (nSPS) is 15.4. The van der Waals surface area contributed by atoms with E-state index in [1.165, 1.54) is 5.56 Å². The molecule has 1 amide bonds. The van der Waals surface area contributed by atoms with Gasteiger partial charge in [0.15, 0.2) is 0 Å². The van der Waals surface area contributed by atoms with Crippen molar-refractivity contribution in [2.75, 3.05) is 25.4 Å². The summed E-state index contributed by atoms with van der Waals surface area (Å²) in [5.74, 6) is 0.0602. The number of nitrogen functional groups attached to an aromatic ring is 1. The molecule has 0 unspecified atom stereocenters. The fourth-order valence-electron chi connectivity index (χ4n) is 3.07. The molecule has 4 nitrogen and oxygen atoms in total. The Kier molecular flexibility index (Phi) is 5.49. The lowest BCUT2D eigenvalue weighted by Crippen LogP contribution is -2.41. The van der Waals surface area contributed by atoms with E-state index in [0.29, 0.717) is 11.3 Å². The SMILES string of the molecule is Nc1cccc(C(=O)N2CCC(OCCc3ccccc3)CC2)c1. The first-order chi connectivity index (χ1) is 11.7. The van der Waals surface area contributed by atoms with Gasteiger partial charge in [-0.05, 0) is 43.0 Å². The molecule has 3 rings (SSSR count). The van der Waals surface area contributed by atoms with E-state index in [1.807, 2.05) is 23.1 Å². The molecule has 1 heterocycles. The van der Waals surface area contributed by atoms with E-state index in [2.05, 4.69) is 24.3 Å². The zero-order chi connectivity index (χ0) is 16.8. The van der Waals surface area contributed by atoms with E-state index in [9.17, 15) is 4.79 Å². The first kappa shape index (κ1) is 16.5. The molecule has 4 heteroatoms. The first-order valence-corrected chi connectivity index (χ1v) is 8.53. The summed E-state index contributed by atoms with van der Waals surface area (Å²) in [6.45, 7) is 2.21. The van der Waals surface area contributed by atoms with Gasteiger partial charge in [-0.2, -0.15) is 0 Å². The summed E-state index contributed by atoms with van der Waals surface area (Å²) in [7, 11) is 0. The third kappa shape index (κ3) is 4.36. The highest BCUT2D eigenvalue weighted by Crippen LogP contribution is 2.18. The molecule has 0 bridgehead atoms. The van der Waals surface area contributed by atoms with Crippen molar-refractivity contribution in [1.82, 2.24) is 4.90 Å². The Morgan fingerprint density at radius 2 is 1.83 bits per heavy atom. The van der Waals surface area contributed by atoms with Gasteiger partial charge in [-0.1, -0.05) is 36.4 Å². The molecule has 0 saturated carbocycles. The number of ether oxygens (including phenoxy) is 1. The zero-order valence-corrected chi connectivity index (χ0v) is 13.9. The van der Waals surface area contributed by atoms with Gasteiger partial charge in [-0.25, -0.2) is 0 Å². The van der Waals surface area contributed by atoms with E-state index in [4.69, 9.17) is 10.5 Å². The molecular formula is C20H24N2O2. The zero-order valence-electron chi connectivity index (χ0n) is 13.9. The van der Waals surface area contributed by atoms with E-state index in [1.54, 1.807) is 12.1 Å². The van der Waals surface area contributed by atoms with Crippen LogP contribution in [-0.4, -0.2) is 36.6 Å². The van der Waals surface area contributed by atoms with E-state index in [-0.39, 0.29) is 12.0 Å². The van der Waals surface area contributed by atoms with Crippen LogP contribution in [0.1, 0.15) is 28.8 Å². The summed E-state index contributed by atoms with van der Waals surface area (Å²) >= 11 is 0. The topological polar surface area (TPSA) is 55.6 Å². The molecule has 1 aliphatic heterocycles. The Morgan fingerprint density at radius 1 is 1.08 bits per heavy atom. The first-order valence-electron chi connectivity index (χ1n) is 8.53. The number of piperidine rings is 1. The molecule has 1 aliphatic rings. The average molecular weight is 324 g/mol. The van der Waals surface area contributed by atoms with Crippen LogP contribution in [0.3, 0.4) is 0 Å². The van der Waals surface area contributed by atoms with Gasteiger partial charge in [-0.15, -0.1) is 0 Å². The molecule has 24 heavy (non-hydrogen) atoms. The van der Waals surface area contributed by atoms with Crippen molar-refractivity contribution in [1.29, 1.82) is 0 Å². The van der Waals surface area contributed by atoms with Crippen LogP contribution in [0.15, 0.2) is 54.6 Å². The molecule has 0 aliphatic carbocycles. The third-order valence-electron chi connectivity index (χ3n) is 4.45. The van der Waals surface area contributed by atoms with Gasteiger partial charge in [0, 0.05) is 24.3 Å². The van der Waals surface area contributed by atoms with E-state index < -0.39 is 0 Å². The van der Waals surface area contributed by atoms with Crippen LogP contribution in [0, 0.1) is 0 Å². The molecule has 2 aromatic carbocycles. The van der Waals surface area contributed by atoms with Gasteiger partial charge in [0.25, 0.3) is 5.91 Å². The highest BCUT2D eigenvalue weighted by atomic mass is 16.5. The number of hydrogen-bond acceptors (Lipinski definition) is 3. The molecule has 2 N–H and O–H groups in total. The summed E-state index contributed by atoms with van der Waals surface area (Å²) in [6, 6.07) is 17.5. The van der Waals surface area contributed by atoms with Gasteiger partial charge in [-0.3, -0.25) is 4.79 Å². The number of rotatable bonds is 5. The quantitative estimate of drug-likeness (QED) is 0.860. The number of nitrogens with zero attached hydrogens (tertiary/aromatic N) is 1. The standard InChI is InChI=1S/C20H24N2O2/c21-18-8-4-7-17(15-18)20(23)22-12-9-19(10-13-22)24-14-11-16-5-2-1-3-6-16/h1-8,15,19H,9-14,21H2. The fraction of sp³-hybridized carbons (Fsp3) is 0.350. The summed E-state index contributed by atoms with van der Waals surface area (Å²) < 4.78 is 5.98. The molecule has 0 atom stereocenters. The van der Waals surface area contributed by atoms with Gasteiger partial charge in [0.2, 0.25) is 0 Å². The maximum Gasteiger partial charge on any atom is 0.253 e. The number of anilines is 1. The van der Waals surface area contributed by atoms with Crippen molar-refractivity contribution in [3.8, 4) is 0 Å². The molecule has 1 fully saturated rings. The molecule has 2 aromatic rings. The smallest absolute Gasteiger partial charge is 0.253 e. The van der Waals surface area contributed by atoms with Crippen molar-refractivity contribution in [2.45, 2.75) is 25.4 Å². The number of likely N-dealkylation sites (tertiary alicyclic amines) is 1. The van der Waals surface area contributed by atoms with Crippen LogP contribution in [0.25, 0.3) is 0 Å². The Morgan fingerprint density at radius 3 is 2.54 bits per heavy atom. The number of nitrogens with two attached hydrogens (primary N) is 1. The molecule has 0 aromatic heterocycles. The average Bonchev–Trinajstić information content (AvgIpc) is 2.63. The lowest BCUT2D eigenvalue weighted by Gasteiger charge is -2.32. The second kappa shape index (κ2) is 7.97. The Labute approximate surface area is 143 Å². The van der Waals surface area contributed by atoms with Crippen LogP contribution in [0.2, 0.25) is 0 Å². The summed E-state index contributed by atoms with van der Waals surface area (Å²) in [5, 5.41) is 0. The minimum atomic E-state index is 0.0602. The lowest BCUT2D eigenvalue weighted by molar-refractivity contribution is 0.0100. The predicted octanol–water partition coefficient (Wildman–Crippen LogP) is 3.13. The van der Waals surface area contributed by atoms with Crippen LogP contribution in [-0.2, 0) is 11.2 Å². The van der Waals surface area contributed by atoms with Crippen molar-refractivity contribution in [3.63, 3.8) is 0 Å². The third-order valence-corrected chi connectivity index (χ3v) is 4.45. The van der Waals surface area contributed by atoms with Crippen molar-refractivity contribution < 1.29 is 9.53 Å². The monoisotopic (exact) mass is 324 g/mol. The Balaban J connectivity index is 1.43. The molecule has 1 saturated heterocycles. The highest BCUT2D eigenvalue weighted by Gasteiger charge is 2.24. The largest absolute Gasteiger partial charge is 0.399 e. The number of carbonyl (C=O) groups excluding carboxylic acids is 1. The Bertz CT molecular complexity index is 664. The van der Waals surface area contributed by atoms with Gasteiger partial charge < -0.3 is 15.4 Å². The summed E-state index contributed by atoms with van der Waals surface area (Å²) in [6.07, 6.45) is 2.97. The molecule has 0 spiro atoms. The molecule has 126 valence electrons. The minimum Gasteiger partial charge on any atom is -0.399 e. The van der Waals surface area contributed by atoms with Crippen molar-refractivity contribution >= 4 is 11.6 Å². The Hall–Kier alpha value is -2.33. The number of benzene rings is 2. The van der Waals surface area contributed by atoms with Crippen LogP contribution in [0.4, 0.5) is 5.69 Å². The molecule has 0 radical (unpaired) electrons. The van der Waals surface area contributed by atoms with Gasteiger partial charge >= 0.3 is 0 Å². The highest BCUT2D eigenvalue weighted by molar-refractivity contribution is 5.95. The van der Waals surface area contributed by atoms with Crippen LogP contribution < -0.4 is 5.73 Å². The van der Waals surface area contributed by atoms with Crippen LogP contribution in [0.5, 0.6) is 0 Å². The minimum absolute atomic E-state index is 0.0602. The second-order valence-corrected chi connectivity index (χ2v) is 6.22.